The molecule has 38 heavy (non-hydrogen) atoms. The molecule has 2 aromatic heterocycles. The molecule has 182 valence electrons. The van der Waals surface area contributed by atoms with Crippen molar-refractivity contribution in [1.29, 1.82) is 0 Å². The number of benzene rings is 2. The van der Waals surface area contributed by atoms with E-state index in [4.69, 9.17) is 11.5 Å². The first-order valence-electron chi connectivity index (χ1n) is 13.2. The zero-order chi connectivity index (χ0) is 25.5. The normalized spacial score (nSPS) is 19.3. The molecule has 4 nitrogen and oxygen atoms in total. The molecule has 0 atom stereocenters. The summed E-state index contributed by atoms with van der Waals surface area (Å²) < 4.78 is 4.91. The van der Waals surface area contributed by atoms with E-state index in [1.807, 2.05) is 12.1 Å². The highest BCUT2D eigenvalue weighted by molar-refractivity contribution is 5.88. The van der Waals surface area contributed by atoms with Gasteiger partial charge in [-0.3, -0.25) is 0 Å². The van der Waals surface area contributed by atoms with Gasteiger partial charge in [-0.25, -0.2) is 0 Å². The van der Waals surface area contributed by atoms with Gasteiger partial charge in [0.2, 0.25) is 22.1 Å². The maximum absolute atomic E-state index is 6.44. The lowest BCUT2D eigenvalue weighted by Gasteiger charge is -2.31. The molecule has 4 aliphatic carbocycles. The number of aromatic nitrogens is 2. The third-order valence-electron chi connectivity index (χ3n) is 9.11. The first-order valence-corrected chi connectivity index (χ1v) is 13.2. The minimum atomic E-state index is -0.284. The molecule has 0 saturated heterocycles. The minimum Gasteiger partial charge on any atom is -0.398 e. The second-order valence-corrected chi connectivity index (χ2v) is 10.7. The van der Waals surface area contributed by atoms with Crippen molar-refractivity contribution in [3.63, 3.8) is 0 Å². The van der Waals surface area contributed by atoms with E-state index in [2.05, 4.69) is 119 Å². The van der Waals surface area contributed by atoms with Crippen LogP contribution in [0.4, 0.5) is 11.4 Å². The van der Waals surface area contributed by atoms with Crippen molar-refractivity contribution in [1.82, 2.24) is 0 Å². The Morgan fingerprint density at radius 3 is 1.24 bits per heavy atom. The highest BCUT2D eigenvalue weighted by Gasteiger charge is 2.57. The second kappa shape index (κ2) is 7.42. The van der Waals surface area contributed by atoms with Gasteiger partial charge in [-0.15, -0.1) is 0 Å². The van der Waals surface area contributed by atoms with Crippen LogP contribution in [0.1, 0.15) is 12.8 Å². The molecule has 4 aromatic rings. The van der Waals surface area contributed by atoms with Crippen LogP contribution in [0.5, 0.6) is 0 Å². The van der Waals surface area contributed by atoms with Crippen LogP contribution in [0, 0.1) is 0 Å². The van der Waals surface area contributed by atoms with Crippen molar-refractivity contribution < 1.29 is 9.13 Å². The molecule has 4 aliphatic rings. The monoisotopic (exact) mass is 492 g/mol. The Kier molecular flexibility index (Phi) is 4.18. The number of rotatable bonds is 5. The molecular formula is C34H28N4+2. The Morgan fingerprint density at radius 2 is 0.868 bits per heavy atom. The molecule has 0 radical (unpaired) electrons. The van der Waals surface area contributed by atoms with Crippen molar-refractivity contribution in [2.45, 2.75) is 23.9 Å². The van der Waals surface area contributed by atoms with E-state index in [0.29, 0.717) is 0 Å². The van der Waals surface area contributed by atoms with Gasteiger partial charge in [0.1, 0.15) is 0 Å². The van der Waals surface area contributed by atoms with Gasteiger partial charge >= 0.3 is 0 Å². The van der Waals surface area contributed by atoms with Crippen LogP contribution in [0.2, 0.25) is 0 Å². The number of allylic oxidation sites excluding steroid dienone is 12. The largest absolute Gasteiger partial charge is 0.398 e. The summed E-state index contributed by atoms with van der Waals surface area (Å²) in [5, 5.41) is 2.17. The Bertz CT molecular complexity index is 1710. The lowest BCUT2D eigenvalue weighted by atomic mass is 9.77. The van der Waals surface area contributed by atoms with Crippen LogP contribution < -0.4 is 20.6 Å². The fourth-order valence-corrected chi connectivity index (χ4v) is 7.28. The predicted octanol–water partition coefficient (Wildman–Crippen LogP) is 5.48. The van der Waals surface area contributed by atoms with Gasteiger partial charge in [0, 0.05) is 59.4 Å². The molecule has 8 rings (SSSR count). The number of nitrogens with two attached hydrogens (primary N) is 2. The van der Waals surface area contributed by atoms with Gasteiger partial charge in [0.25, 0.3) is 0 Å². The van der Waals surface area contributed by atoms with Crippen LogP contribution in [-0.4, -0.2) is 0 Å². The number of hydrogen-bond acceptors (Lipinski definition) is 2. The molecule has 0 saturated carbocycles. The number of anilines is 2. The van der Waals surface area contributed by atoms with Gasteiger partial charge in [-0.05, 0) is 12.1 Å². The smallest absolute Gasteiger partial charge is 0.219 e. The summed E-state index contributed by atoms with van der Waals surface area (Å²) in [6.07, 6.45) is 24.5. The van der Waals surface area contributed by atoms with Gasteiger partial charge in [-0.2, -0.15) is 9.13 Å². The van der Waals surface area contributed by atoms with Crippen LogP contribution in [0.3, 0.4) is 0 Å². The van der Waals surface area contributed by atoms with Gasteiger partial charge in [-0.1, -0.05) is 72.9 Å². The quantitative estimate of drug-likeness (QED) is 0.363. The van der Waals surface area contributed by atoms with Crippen LogP contribution in [0.25, 0.3) is 21.8 Å². The number of nitrogen functional groups attached to an aromatic ring is 2. The summed E-state index contributed by atoms with van der Waals surface area (Å²) in [6.45, 7) is 0. The Morgan fingerprint density at radius 1 is 0.500 bits per heavy atom. The molecule has 0 spiro atoms. The molecule has 4 N–H and O–H groups in total. The summed E-state index contributed by atoms with van der Waals surface area (Å²) in [5.74, 6) is 0. The summed E-state index contributed by atoms with van der Waals surface area (Å²) in [4.78, 5) is 0. The topological polar surface area (TPSA) is 59.8 Å². The molecule has 0 aliphatic heterocycles. The highest BCUT2D eigenvalue weighted by Crippen LogP contribution is 2.51. The summed E-state index contributed by atoms with van der Waals surface area (Å²) in [6, 6.07) is 21.1. The number of nitrogens with zero attached hydrogens (tertiary/aromatic N) is 2. The van der Waals surface area contributed by atoms with Crippen molar-refractivity contribution in [3.05, 3.63) is 144 Å². The van der Waals surface area contributed by atoms with Crippen molar-refractivity contribution in [2.75, 3.05) is 11.5 Å². The minimum absolute atomic E-state index is 0.284. The average Bonchev–Trinajstić information content (AvgIpc) is 3.70. The van der Waals surface area contributed by atoms with E-state index in [1.165, 1.54) is 22.3 Å². The Labute approximate surface area is 221 Å². The number of pyridine rings is 2. The Hall–Kier alpha value is -4.70. The SMILES string of the molecule is Nc1cc[n+](C2(CCC3([n+]4ccc(N)c5ccccc54)C4=CC=C3C=C4)C3=CC=C2C=C3)c2ccccc12. The molecule has 4 bridgehead atoms. The van der Waals surface area contributed by atoms with Crippen molar-refractivity contribution >= 4 is 33.2 Å². The predicted molar refractivity (Wildman–Crippen MR) is 153 cm³/mol. The summed E-state index contributed by atoms with van der Waals surface area (Å²) in [5.41, 5.74) is 21.5. The Balaban J connectivity index is 1.32. The highest BCUT2D eigenvalue weighted by atomic mass is 15.1. The maximum atomic E-state index is 6.44. The molecule has 2 heterocycles. The second-order valence-electron chi connectivity index (χ2n) is 10.7. The van der Waals surface area contributed by atoms with Crippen LogP contribution >= 0.6 is 0 Å². The molecule has 0 amide bonds. The van der Waals surface area contributed by atoms with E-state index in [9.17, 15) is 0 Å². The number of hydrogen-bond donors (Lipinski definition) is 2. The maximum Gasteiger partial charge on any atom is 0.219 e. The average molecular weight is 493 g/mol. The van der Waals surface area contributed by atoms with E-state index in [1.54, 1.807) is 0 Å². The number of para-hydroxylation sites is 2. The standard InChI is InChI=1S/C34H26N4/c35-29-17-21-37(31-7-3-1-5-27(29)31)33(23-9-10-24(33)12-11-23)19-20-34(25-13-14-26(34)16-15-25)38-22-18-30(36)28-6-2-4-8-32(28)38/h1-18,21-22,35-36H,19-20H2/p+2. The number of fused-ring (bicyclic) bond motifs is 6. The van der Waals surface area contributed by atoms with E-state index in [0.717, 1.165) is 46.0 Å². The summed E-state index contributed by atoms with van der Waals surface area (Å²) in [7, 11) is 0. The van der Waals surface area contributed by atoms with Crippen LogP contribution in [0.15, 0.2) is 144 Å². The lowest BCUT2D eigenvalue weighted by Crippen LogP contribution is -2.60. The van der Waals surface area contributed by atoms with Crippen LogP contribution in [-0.2, 0) is 11.1 Å². The van der Waals surface area contributed by atoms with Gasteiger partial charge < -0.3 is 11.5 Å². The lowest BCUT2D eigenvalue weighted by molar-refractivity contribution is -0.734. The molecular weight excluding hydrogens is 464 g/mol. The first kappa shape index (κ1) is 21.4. The zero-order valence-electron chi connectivity index (χ0n) is 21.0. The molecule has 0 fully saturated rings. The van der Waals surface area contributed by atoms with Crippen molar-refractivity contribution in [3.8, 4) is 0 Å². The third kappa shape index (κ3) is 2.54. The summed E-state index contributed by atoms with van der Waals surface area (Å²) >= 11 is 0. The van der Waals surface area contributed by atoms with E-state index < -0.39 is 0 Å². The fraction of sp³-hybridized carbons (Fsp3) is 0.118. The first-order chi connectivity index (χ1) is 18.6. The third-order valence-corrected chi connectivity index (χ3v) is 9.11. The zero-order valence-corrected chi connectivity index (χ0v) is 21.0. The van der Waals surface area contributed by atoms with Gasteiger partial charge in [0.15, 0.2) is 12.4 Å². The van der Waals surface area contributed by atoms with E-state index >= 15 is 0 Å². The van der Waals surface area contributed by atoms with Gasteiger partial charge in [0.05, 0.1) is 22.1 Å². The van der Waals surface area contributed by atoms with E-state index in [-0.39, 0.29) is 11.1 Å². The van der Waals surface area contributed by atoms with Crippen molar-refractivity contribution in [2.24, 2.45) is 0 Å². The molecule has 4 heteroatoms. The fourth-order valence-electron chi connectivity index (χ4n) is 7.28. The molecule has 2 aromatic carbocycles. The molecule has 0 unspecified atom stereocenters.